The fourth-order valence-corrected chi connectivity index (χ4v) is 2.95. The standard InChI is InChI=1S/C19H17FN2O3/c1-11-8-12(2)17(13(3)9-11)16(23)10-22-19(24)25-18(21-22)14-4-6-15(20)7-5-14/h4-9H,10H2,1-3H3. The zero-order valence-electron chi connectivity index (χ0n) is 14.2. The molecule has 6 heteroatoms. The highest BCUT2D eigenvalue weighted by atomic mass is 19.1. The zero-order chi connectivity index (χ0) is 18.1. The Morgan fingerprint density at radius 3 is 2.32 bits per heavy atom. The van der Waals surface area contributed by atoms with Crippen molar-refractivity contribution >= 4 is 5.78 Å². The SMILES string of the molecule is Cc1cc(C)c(C(=O)Cn2nc(-c3ccc(F)cc3)oc2=O)c(C)c1. The minimum absolute atomic E-state index is 0.0511. The topological polar surface area (TPSA) is 65.1 Å². The third kappa shape index (κ3) is 3.42. The van der Waals surface area contributed by atoms with Gasteiger partial charge in [0.15, 0.2) is 5.78 Å². The van der Waals surface area contributed by atoms with Gasteiger partial charge in [0, 0.05) is 11.1 Å². The highest BCUT2D eigenvalue weighted by Crippen LogP contribution is 2.18. The lowest BCUT2D eigenvalue weighted by molar-refractivity contribution is 0.0963. The molecule has 3 rings (SSSR count). The van der Waals surface area contributed by atoms with Crippen LogP contribution >= 0.6 is 0 Å². The van der Waals surface area contributed by atoms with Gasteiger partial charge in [0.25, 0.3) is 0 Å². The van der Waals surface area contributed by atoms with Crippen molar-refractivity contribution in [3.8, 4) is 11.5 Å². The molecule has 1 heterocycles. The van der Waals surface area contributed by atoms with Gasteiger partial charge in [0.2, 0.25) is 5.89 Å². The fourth-order valence-electron chi connectivity index (χ4n) is 2.95. The number of rotatable bonds is 4. The number of nitrogens with zero attached hydrogens (tertiary/aromatic N) is 2. The summed E-state index contributed by atoms with van der Waals surface area (Å²) in [5, 5.41) is 4.05. The van der Waals surface area contributed by atoms with Crippen molar-refractivity contribution in [2.75, 3.05) is 0 Å². The lowest BCUT2D eigenvalue weighted by Crippen LogP contribution is -2.22. The molecule has 0 spiro atoms. The van der Waals surface area contributed by atoms with Gasteiger partial charge in [-0.25, -0.2) is 9.18 Å². The van der Waals surface area contributed by atoms with Crippen LogP contribution < -0.4 is 5.76 Å². The smallest absolute Gasteiger partial charge is 0.388 e. The van der Waals surface area contributed by atoms with E-state index in [0.717, 1.165) is 21.4 Å². The molecule has 0 aliphatic rings. The average Bonchev–Trinajstić information content (AvgIpc) is 2.88. The maximum atomic E-state index is 13.0. The molecular weight excluding hydrogens is 323 g/mol. The molecule has 0 unspecified atom stereocenters. The van der Waals surface area contributed by atoms with E-state index >= 15 is 0 Å². The number of benzene rings is 2. The first-order valence-electron chi connectivity index (χ1n) is 7.80. The normalized spacial score (nSPS) is 10.9. The Kier molecular flexibility index (Phi) is 4.35. The number of halogens is 1. The van der Waals surface area contributed by atoms with E-state index in [2.05, 4.69) is 5.10 Å². The van der Waals surface area contributed by atoms with Crippen LogP contribution in [0.5, 0.6) is 0 Å². The van der Waals surface area contributed by atoms with E-state index in [1.807, 2.05) is 32.9 Å². The lowest BCUT2D eigenvalue weighted by atomic mass is 9.96. The third-order valence-electron chi connectivity index (χ3n) is 3.95. The summed E-state index contributed by atoms with van der Waals surface area (Å²) in [6.07, 6.45) is 0. The van der Waals surface area contributed by atoms with Crippen molar-refractivity contribution in [2.24, 2.45) is 0 Å². The van der Waals surface area contributed by atoms with Crippen molar-refractivity contribution in [3.05, 3.63) is 75.0 Å². The van der Waals surface area contributed by atoms with Crippen molar-refractivity contribution in [3.63, 3.8) is 0 Å². The Balaban J connectivity index is 1.90. The van der Waals surface area contributed by atoms with E-state index in [1.54, 1.807) is 0 Å². The number of aryl methyl sites for hydroxylation is 3. The van der Waals surface area contributed by atoms with Crippen LogP contribution in [0.4, 0.5) is 4.39 Å². The number of hydrogen-bond donors (Lipinski definition) is 0. The molecule has 0 saturated carbocycles. The van der Waals surface area contributed by atoms with Gasteiger partial charge in [-0.2, -0.15) is 4.68 Å². The largest absolute Gasteiger partial charge is 0.437 e. The summed E-state index contributed by atoms with van der Waals surface area (Å²) in [5.74, 6) is -1.28. The first kappa shape index (κ1) is 16.8. The third-order valence-corrected chi connectivity index (χ3v) is 3.95. The highest BCUT2D eigenvalue weighted by molar-refractivity contribution is 5.98. The van der Waals surface area contributed by atoms with Crippen LogP contribution in [0.3, 0.4) is 0 Å². The number of Topliss-reactive ketones (excluding diaryl/α,β-unsaturated/α-hetero) is 1. The number of carbonyl (C=O) groups excluding carboxylic acids is 1. The monoisotopic (exact) mass is 340 g/mol. The van der Waals surface area contributed by atoms with Crippen LogP contribution in [0.2, 0.25) is 0 Å². The Hall–Kier alpha value is -3.02. The van der Waals surface area contributed by atoms with E-state index in [0.29, 0.717) is 11.1 Å². The Morgan fingerprint density at radius 1 is 1.12 bits per heavy atom. The summed E-state index contributed by atoms with van der Waals surface area (Å²) in [6.45, 7) is 5.48. The van der Waals surface area contributed by atoms with E-state index in [9.17, 15) is 14.0 Å². The lowest BCUT2D eigenvalue weighted by Gasteiger charge is -2.09. The van der Waals surface area contributed by atoms with Gasteiger partial charge < -0.3 is 4.42 Å². The van der Waals surface area contributed by atoms with Gasteiger partial charge >= 0.3 is 5.76 Å². The molecule has 0 radical (unpaired) electrons. The number of ketones is 1. The minimum Gasteiger partial charge on any atom is -0.388 e. The fraction of sp³-hybridized carbons (Fsp3) is 0.211. The van der Waals surface area contributed by atoms with Crippen LogP contribution in [0.1, 0.15) is 27.0 Å². The predicted octanol–water partition coefficient (Wildman–Crippen LogP) is 3.45. The van der Waals surface area contributed by atoms with E-state index in [1.165, 1.54) is 24.3 Å². The van der Waals surface area contributed by atoms with Crippen molar-refractivity contribution < 1.29 is 13.6 Å². The molecule has 25 heavy (non-hydrogen) atoms. The molecule has 128 valence electrons. The predicted molar refractivity (Wildman–Crippen MR) is 91.1 cm³/mol. The maximum Gasteiger partial charge on any atom is 0.437 e. The van der Waals surface area contributed by atoms with Crippen LogP contribution in [-0.4, -0.2) is 15.6 Å². The molecule has 0 aliphatic carbocycles. The van der Waals surface area contributed by atoms with E-state index < -0.39 is 11.6 Å². The van der Waals surface area contributed by atoms with Gasteiger partial charge in [-0.3, -0.25) is 4.79 Å². The molecule has 2 aromatic carbocycles. The molecule has 0 saturated heterocycles. The molecule has 0 N–H and O–H groups in total. The zero-order valence-corrected chi connectivity index (χ0v) is 14.2. The Labute approximate surface area is 143 Å². The summed E-state index contributed by atoms with van der Waals surface area (Å²) >= 11 is 0. The first-order valence-corrected chi connectivity index (χ1v) is 7.80. The molecule has 0 bridgehead atoms. The second-order valence-corrected chi connectivity index (χ2v) is 6.03. The summed E-state index contributed by atoms with van der Waals surface area (Å²) < 4.78 is 19.1. The van der Waals surface area contributed by atoms with Crippen LogP contribution in [0, 0.1) is 26.6 Å². The number of aromatic nitrogens is 2. The molecule has 0 aliphatic heterocycles. The second kappa shape index (κ2) is 6.47. The first-order chi connectivity index (χ1) is 11.8. The number of carbonyl (C=O) groups is 1. The molecule has 0 fully saturated rings. The average molecular weight is 340 g/mol. The van der Waals surface area contributed by atoms with Crippen LogP contribution in [0.25, 0.3) is 11.5 Å². The quantitative estimate of drug-likeness (QED) is 0.682. The summed E-state index contributed by atoms with van der Waals surface area (Å²) in [6, 6.07) is 9.27. The molecule has 0 amide bonds. The summed E-state index contributed by atoms with van der Waals surface area (Å²) in [7, 11) is 0. The second-order valence-electron chi connectivity index (χ2n) is 6.03. The highest BCUT2D eigenvalue weighted by Gasteiger charge is 2.17. The van der Waals surface area contributed by atoms with Crippen LogP contribution in [0.15, 0.2) is 45.6 Å². The molecule has 5 nitrogen and oxygen atoms in total. The van der Waals surface area contributed by atoms with Gasteiger partial charge in [0.05, 0.1) is 0 Å². The Morgan fingerprint density at radius 2 is 1.72 bits per heavy atom. The van der Waals surface area contributed by atoms with Crippen molar-refractivity contribution in [1.82, 2.24) is 9.78 Å². The Bertz CT molecular complexity index is 977. The molecule has 3 aromatic rings. The van der Waals surface area contributed by atoms with Crippen molar-refractivity contribution in [2.45, 2.75) is 27.3 Å². The maximum absolute atomic E-state index is 13.0. The van der Waals surface area contributed by atoms with Gasteiger partial charge in [0.1, 0.15) is 12.4 Å². The summed E-state index contributed by atoms with van der Waals surface area (Å²) in [5.41, 5.74) is 3.84. The number of hydrogen-bond acceptors (Lipinski definition) is 4. The van der Waals surface area contributed by atoms with Gasteiger partial charge in [-0.15, -0.1) is 5.10 Å². The van der Waals surface area contributed by atoms with Gasteiger partial charge in [-0.05, 0) is 56.2 Å². The van der Waals surface area contributed by atoms with Crippen molar-refractivity contribution in [1.29, 1.82) is 0 Å². The van der Waals surface area contributed by atoms with E-state index in [4.69, 9.17) is 4.42 Å². The summed E-state index contributed by atoms with van der Waals surface area (Å²) in [4.78, 5) is 24.6. The molecular formula is C19H17FN2O3. The van der Waals surface area contributed by atoms with E-state index in [-0.39, 0.29) is 18.2 Å². The minimum atomic E-state index is -0.727. The van der Waals surface area contributed by atoms with Crippen LogP contribution in [-0.2, 0) is 6.54 Å². The van der Waals surface area contributed by atoms with Gasteiger partial charge in [-0.1, -0.05) is 17.7 Å². The molecule has 0 atom stereocenters. The molecule has 1 aromatic heterocycles.